The topological polar surface area (TPSA) is 76.1 Å². The van der Waals surface area contributed by atoms with Gasteiger partial charge in [0.15, 0.2) is 0 Å². The number of hydrogen-bond acceptors (Lipinski definition) is 6. The first-order chi connectivity index (χ1) is 8.54. The minimum absolute atomic E-state index is 0.328. The summed E-state index contributed by atoms with van der Waals surface area (Å²) in [5.74, 6) is -0.550. The van der Waals surface area contributed by atoms with Gasteiger partial charge in [-0.1, -0.05) is 31.9 Å². The van der Waals surface area contributed by atoms with Crippen molar-refractivity contribution in [3.63, 3.8) is 0 Å². The third kappa shape index (κ3) is 6.70. The molecule has 0 radical (unpaired) electrons. The van der Waals surface area contributed by atoms with Gasteiger partial charge in [0.1, 0.15) is 6.04 Å². The molecule has 0 rings (SSSR count). The minimum atomic E-state index is -0.806. The molecule has 106 valence electrons. The monoisotopic (exact) mass is 259 g/mol. The summed E-state index contributed by atoms with van der Waals surface area (Å²) in [6, 6.07) is -0.806. The van der Waals surface area contributed by atoms with Crippen LogP contribution in [0.5, 0.6) is 0 Å². The molecule has 0 saturated carbocycles. The Balaban J connectivity index is 4.21. The summed E-state index contributed by atoms with van der Waals surface area (Å²) >= 11 is 0. The zero-order chi connectivity index (χ0) is 14.0. The lowest BCUT2D eigenvalue weighted by Gasteiger charge is -2.35. The van der Waals surface area contributed by atoms with Gasteiger partial charge in [-0.05, 0) is 19.3 Å². The van der Waals surface area contributed by atoms with Crippen LogP contribution in [0.15, 0.2) is 12.2 Å². The predicted octanol–water partition coefficient (Wildman–Crippen LogP) is 2.09. The Morgan fingerprint density at radius 2 is 2.11 bits per heavy atom. The second-order valence-corrected chi connectivity index (χ2v) is 4.07. The highest BCUT2D eigenvalue weighted by Gasteiger charge is 2.23. The highest BCUT2D eigenvalue weighted by atomic mass is 16.8. The number of rotatable bonds is 9. The largest absolute Gasteiger partial charge is 0.748 e. The number of unbranched alkanes of at least 4 members (excludes halogenated alkanes) is 3. The van der Waals surface area contributed by atoms with Crippen molar-refractivity contribution in [1.29, 1.82) is 0 Å². The van der Waals surface area contributed by atoms with Crippen molar-refractivity contribution >= 4 is 5.97 Å². The molecule has 0 heterocycles. The van der Waals surface area contributed by atoms with Crippen molar-refractivity contribution in [2.45, 2.75) is 45.1 Å². The Bertz CT molecular complexity index is 256. The van der Waals surface area contributed by atoms with Crippen LogP contribution in [0.1, 0.15) is 39.0 Å². The summed E-state index contributed by atoms with van der Waals surface area (Å²) in [6.07, 6.45) is 8.54. The van der Waals surface area contributed by atoms with Gasteiger partial charge in [-0.15, -0.1) is 0 Å². The first-order valence-electron chi connectivity index (χ1n) is 6.16. The van der Waals surface area contributed by atoms with Crippen molar-refractivity contribution in [2.24, 2.45) is 0 Å². The van der Waals surface area contributed by atoms with Crippen LogP contribution in [0.3, 0.4) is 0 Å². The lowest BCUT2D eigenvalue weighted by Crippen LogP contribution is -2.45. The van der Waals surface area contributed by atoms with Crippen molar-refractivity contribution in [3.05, 3.63) is 17.4 Å². The SMILES string of the molecule is CCCCC/C=C/CC(C(=O)OC)N(C)N([O-])O. The van der Waals surface area contributed by atoms with E-state index < -0.39 is 12.0 Å². The van der Waals surface area contributed by atoms with Gasteiger partial charge in [-0.25, -0.2) is 5.01 Å². The van der Waals surface area contributed by atoms with Crippen LogP contribution in [0.25, 0.3) is 0 Å². The van der Waals surface area contributed by atoms with Gasteiger partial charge >= 0.3 is 5.97 Å². The van der Waals surface area contributed by atoms with E-state index in [2.05, 4.69) is 11.7 Å². The van der Waals surface area contributed by atoms with Crippen molar-refractivity contribution in [3.8, 4) is 0 Å². The lowest BCUT2D eigenvalue weighted by molar-refractivity contribution is -0.217. The number of hydrazine groups is 1. The summed E-state index contributed by atoms with van der Waals surface area (Å²) in [4.78, 5) is 11.4. The molecule has 0 aromatic rings. The van der Waals surface area contributed by atoms with Gasteiger partial charge in [0.05, 0.1) is 7.11 Å². The summed E-state index contributed by atoms with van der Waals surface area (Å²) in [7, 11) is 2.58. The Morgan fingerprint density at radius 3 is 2.61 bits per heavy atom. The third-order valence-electron chi connectivity index (χ3n) is 2.69. The van der Waals surface area contributed by atoms with Gasteiger partial charge in [0.2, 0.25) is 0 Å². The quantitative estimate of drug-likeness (QED) is 0.296. The number of carbonyl (C=O) groups excluding carboxylic acids is 1. The lowest BCUT2D eigenvalue weighted by atomic mass is 10.1. The number of nitrogens with zero attached hydrogens (tertiary/aromatic N) is 2. The number of ether oxygens (including phenoxy) is 1. The smallest absolute Gasteiger partial charge is 0.324 e. The molecule has 1 N–H and O–H groups in total. The van der Waals surface area contributed by atoms with Gasteiger partial charge in [0.25, 0.3) is 0 Å². The summed E-state index contributed by atoms with van der Waals surface area (Å²) < 4.78 is 4.59. The van der Waals surface area contributed by atoms with Crippen LogP contribution < -0.4 is 0 Å². The Labute approximate surface area is 108 Å². The Morgan fingerprint density at radius 1 is 1.44 bits per heavy atom. The maximum absolute atomic E-state index is 11.4. The fourth-order valence-electron chi connectivity index (χ4n) is 1.51. The molecule has 0 fully saturated rings. The van der Waals surface area contributed by atoms with Crippen LogP contribution in [-0.2, 0) is 9.53 Å². The van der Waals surface area contributed by atoms with Crippen LogP contribution in [0.4, 0.5) is 0 Å². The van der Waals surface area contributed by atoms with Crippen molar-refractivity contribution in [1.82, 2.24) is 10.3 Å². The van der Waals surface area contributed by atoms with E-state index in [0.29, 0.717) is 6.42 Å². The molecular weight excluding hydrogens is 236 g/mol. The number of allylic oxidation sites excluding steroid dienone is 1. The van der Waals surface area contributed by atoms with E-state index in [9.17, 15) is 10.0 Å². The number of esters is 1. The number of methoxy groups -OCH3 is 1. The summed E-state index contributed by atoms with van der Waals surface area (Å²) in [5, 5.41) is 20.1. The number of carbonyl (C=O) groups is 1. The standard InChI is InChI=1S/C12H23N2O4/c1-4-5-6-7-8-9-10-11(12(15)18-3)13(2)14(16)17/h8-9,11,16H,4-7,10H2,1-3H3/q-1/b9-8+. The molecule has 1 unspecified atom stereocenters. The van der Waals surface area contributed by atoms with Gasteiger partial charge < -0.3 is 15.2 Å². The van der Waals surface area contributed by atoms with E-state index in [4.69, 9.17) is 5.21 Å². The average molecular weight is 259 g/mol. The first-order valence-corrected chi connectivity index (χ1v) is 6.16. The first kappa shape index (κ1) is 17.1. The highest BCUT2D eigenvalue weighted by Crippen LogP contribution is 2.08. The molecule has 0 saturated heterocycles. The maximum atomic E-state index is 11.4. The van der Waals surface area contributed by atoms with Crippen LogP contribution in [0, 0.1) is 5.21 Å². The normalized spacial score (nSPS) is 13.5. The zero-order valence-electron chi connectivity index (χ0n) is 11.3. The predicted molar refractivity (Wildman–Crippen MR) is 68.5 cm³/mol. The van der Waals surface area contributed by atoms with Gasteiger partial charge in [-0.2, -0.15) is 5.34 Å². The molecule has 0 spiro atoms. The second kappa shape index (κ2) is 10.0. The second-order valence-electron chi connectivity index (χ2n) is 4.07. The van der Waals surface area contributed by atoms with E-state index in [1.165, 1.54) is 20.6 Å². The molecule has 6 heteroatoms. The van der Waals surface area contributed by atoms with E-state index in [0.717, 1.165) is 24.3 Å². The molecule has 6 nitrogen and oxygen atoms in total. The molecule has 0 aromatic heterocycles. The Hall–Kier alpha value is -0.950. The third-order valence-corrected chi connectivity index (χ3v) is 2.69. The average Bonchev–Trinajstić information content (AvgIpc) is 2.36. The van der Waals surface area contributed by atoms with Crippen LogP contribution in [-0.4, -0.2) is 41.7 Å². The van der Waals surface area contributed by atoms with Crippen LogP contribution >= 0.6 is 0 Å². The molecule has 1 atom stereocenters. The van der Waals surface area contributed by atoms with Gasteiger partial charge in [-0.3, -0.25) is 4.79 Å². The molecule has 0 bridgehead atoms. The number of hydrogen-bond donors (Lipinski definition) is 1. The maximum Gasteiger partial charge on any atom is 0.324 e. The molecule has 0 aromatic carbocycles. The Kier molecular flexibility index (Phi) is 9.49. The fourth-order valence-corrected chi connectivity index (χ4v) is 1.51. The summed E-state index contributed by atoms with van der Waals surface area (Å²) in [6.45, 7) is 2.13. The van der Waals surface area contributed by atoms with Gasteiger partial charge in [0, 0.05) is 7.05 Å². The minimum Gasteiger partial charge on any atom is -0.748 e. The molecule has 18 heavy (non-hydrogen) atoms. The molecule has 0 aliphatic rings. The van der Waals surface area contributed by atoms with Crippen LogP contribution in [0.2, 0.25) is 0 Å². The van der Waals surface area contributed by atoms with E-state index >= 15 is 0 Å². The fraction of sp³-hybridized carbons (Fsp3) is 0.750. The molecule has 0 aliphatic carbocycles. The van der Waals surface area contributed by atoms with Crippen molar-refractivity contribution < 1.29 is 14.7 Å². The van der Waals surface area contributed by atoms with E-state index in [1.807, 2.05) is 12.2 Å². The summed E-state index contributed by atoms with van der Waals surface area (Å²) in [5.41, 5.74) is 0. The van der Waals surface area contributed by atoms with E-state index in [1.54, 1.807) is 0 Å². The highest BCUT2D eigenvalue weighted by molar-refractivity contribution is 5.75. The molecule has 0 aliphatic heterocycles. The van der Waals surface area contributed by atoms with E-state index in [-0.39, 0.29) is 5.34 Å². The zero-order valence-corrected chi connectivity index (χ0v) is 11.3. The van der Waals surface area contributed by atoms with Crippen molar-refractivity contribution in [2.75, 3.05) is 14.2 Å². The molecular formula is C12H23N2O4-. The molecule has 0 amide bonds. The number of likely N-dealkylation sites (N-methyl/N-ethyl adjacent to an activating group) is 1.